The van der Waals surface area contributed by atoms with Crippen LogP contribution in [0.25, 0.3) is 0 Å². The van der Waals surface area contributed by atoms with Gasteiger partial charge in [-0.3, -0.25) is 52.7 Å². The molecule has 0 spiro atoms. The lowest BCUT2D eigenvalue weighted by Crippen LogP contribution is -2.58. The molecule has 0 saturated carbocycles. The number of primary amides is 1. The highest BCUT2D eigenvalue weighted by Gasteiger charge is 2.33. The first-order valence-electron chi connectivity index (χ1n) is 15.0. The lowest BCUT2D eigenvalue weighted by atomic mass is 10.1. The maximum Gasteiger partial charge on any atom is 0.326 e. The smallest absolute Gasteiger partial charge is 0.326 e. The van der Waals surface area contributed by atoms with Gasteiger partial charge in [0.25, 0.3) is 0 Å². The van der Waals surface area contributed by atoms with Crippen LogP contribution in [0.1, 0.15) is 51.9 Å². The lowest BCUT2D eigenvalue weighted by Gasteiger charge is -2.24. The topological polar surface area (TPSA) is 430 Å². The second-order valence-corrected chi connectivity index (χ2v) is 10.9. The van der Waals surface area contributed by atoms with E-state index < -0.39 is 159 Å². The molecule has 7 amide bonds. The van der Waals surface area contributed by atoms with Gasteiger partial charge in [0.05, 0.1) is 31.8 Å². The Kier molecular flexibility index (Phi) is 19.6. The van der Waals surface area contributed by atoms with Gasteiger partial charge in [-0.25, -0.2) is 4.79 Å². The van der Waals surface area contributed by atoms with Crippen LogP contribution in [0.3, 0.4) is 0 Å². The number of carboxylic acid groups (broad SMARTS) is 5. The minimum absolute atomic E-state index is 0.572. The van der Waals surface area contributed by atoms with E-state index in [0.29, 0.717) is 0 Å². The number of carbonyl (C=O) groups is 12. The molecule has 0 aromatic rings. The molecule has 290 valence electrons. The zero-order valence-corrected chi connectivity index (χ0v) is 27.4. The Morgan fingerprint density at radius 1 is 0.500 bits per heavy atom. The Labute approximate surface area is 292 Å². The van der Waals surface area contributed by atoms with E-state index in [1.165, 1.54) is 6.92 Å². The third-order valence-corrected chi connectivity index (χ3v) is 6.46. The first kappa shape index (κ1) is 45.6. The van der Waals surface area contributed by atoms with Crippen molar-refractivity contribution in [2.45, 2.75) is 88.1 Å². The first-order chi connectivity index (χ1) is 24.0. The molecule has 0 aliphatic rings. The molecule has 0 aliphatic heterocycles. The number of hydrogen-bond acceptors (Lipinski definition) is 13. The summed E-state index contributed by atoms with van der Waals surface area (Å²) in [5.41, 5.74) is 10.5. The van der Waals surface area contributed by atoms with Crippen LogP contribution in [-0.4, -0.2) is 140 Å². The highest BCUT2D eigenvalue weighted by atomic mass is 16.4. The van der Waals surface area contributed by atoms with Crippen molar-refractivity contribution in [2.24, 2.45) is 11.5 Å². The number of carboxylic acids is 5. The second kappa shape index (κ2) is 22.3. The predicted octanol–water partition coefficient (Wildman–Crippen LogP) is -6.49. The molecule has 0 aromatic carbocycles. The fourth-order valence-electron chi connectivity index (χ4n) is 3.90. The quantitative estimate of drug-likeness (QED) is 0.0413. The molecular formula is C27H40N8O17. The third-order valence-electron chi connectivity index (χ3n) is 6.46. The van der Waals surface area contributed by atoms with Crippen LogP contribution in [0.2, 0.25) is 0 Å². The number of amides is 7. The number of carbonyl (C=O) groups excluding carboxylic acids is 7. The molecule has 0 aliphatic carbocycles. The van der Waals surface area contributed by atoms with E-state index >= 15 is 0 Å². The minimum atomic E-state index is -2.03. The van der Waals surface area contributed by atoms with Crippen molar-refractivity contribution >= 4 is 71.2 Å². The summed E-state index contributed by atoms with van der Waals surface area (Å²) in [6.07, 6.45) is -5.76. The van der Waals surface area contributed by atoms with E-state index in [9.17, 15) is 67.7 Å². The summed E-state index contributed by atoms with van der Waals surface area (Å²) in [7, 11) is 0. The number of rotatable bonds is 25. The fourth-order valence-corrected chi connectivity index (χ4v) is 3.90. The minimum Gasteiger partial charge on any atom is -0.481 e. The van der Waals surface area contributed by atoms with Crippen molar-refractivity contribution < 1.29 is 83.1 Å². The zero-order chi connectivity index (χ0) is 40.3. The summed E-state index contributed by atoms with van der Waals surface area (Å²) in [5.74, 6) is -16.3. The van der Waals surface area contributed by atoms with E-state index in [0.717, 1.165) is 0 Å². The van der Waals surface area contributed by atoms with Crippen molar-refractivity contribution in [1.82, 2.24) is 31.9 Å². The Balaban J connectivity index is 5.90. The molecule has 0 rings (SSSR count). The second-order valence-electron chi connectivity index (χ2n) is 10.9. The Bertz CT molecular complexity index is 1420. The van der Waals surface area contributed by atoms with Gasteiger partial charge in [-0.15, -0.1) is 0 Å². The highest BCUT2D eigenvalue weighted by molar-refractivity contribution is 5.98. The molecule has 0 radical (unpaired) electrons. The van der Waals surface area contributed by atoms with Gasteiger partial charge in [-0.1, -0.05) is 0 Å². The highest BCUT2D eigenvalue weighted by Crippen LogP contribution is 2.04. The van der Waals surface area contributed by atoms with E-state index in [4.69, 9.17) is 26.8 Å². The van der Waals surface area contributed by atoms with Crippen LogP contribution in [-0.2, 0) is 57.5 Å². The van der Waals surface area contributed by atoms with E-state index in [1.807, 2.05) is 31.9 Å². The summed E-state index contributed by atoms with van der Waals surface area (Å²) in [4.78, 5) is 143. The van der Waals surface area contributed by atoms with Gasteiger partial charge in [-0.05, 0) is 19.8 Å². The van der Waals surface area contributed by atoms with Gasteiger partial charge in [0, 0.05) is 12.8 Å². The first-order valence-corrected chi connectivity index (χ1v) is 15.0. The number of nitrogens with two attached hydrogens (primary N) is 2. The maximum atomic E-state index is 13.0. The van der Waals surface area contributed by atoms with Gasteiger partial charge in [0.2, 0.25) is 41.4 Å². The van der Waals surface area contributed by atoms with Crippen molar-refractivity contribution in [3.8, 4) is 0 Å². The summed E-state index contributed by atoms with van der Waals surface area (Å²) in [5, 5.41) is 57.4. The van der Waals surface area contributed by atoms with Crippen molar-refractivity contribution in [3.05, 3.63) is 0 Å². The molecule has 52 heavy (non-hydrogen) atoms. The van der Waals surface area contributed by atoms with Gasteiger partial charge in [0.15, 0.2) is 0 Å². The van der Waals surface area contributed by atoms with Gasteiger partial charge >= 0.3 is 29.8 Å². The van der Waals surface area contributed by atoms with E-state index in [-0.39, 0.29) is 0 Å². The van der Waals surface area contributed by atoms with Crippen molar-refractivity contribution in [1.29, 1.82) is 0 Å². The summed E-state index contributed by atoms with van der Waals surface area (Å²) in [6.45, 7) is 0.186. The fraction of sp³-hybridized carbons (Fsp3) is 0.556. The van der Waals surface area contributed by atoms with E-state index in [2.05, 4.69) is 0 Å². The standard InChI is InChI=1S/C27H40N8O17/c1-10(28)22(46)34-14(7-20(42)43)26(50)35-15(8-21(44)45)25(49)32-11(2-4-18(38)39)23(47)30-9-17(37)31-13(6-16(29)36)24(48)33-12(27(51)52)3-5-19(40)41/h10-15H,2-9,28H2,1H3,(H2,29,36)(H,30,47)(H,31,37)(H,32,49)(H,33,48)(H,34,46)(H,35,50)(H,38,39)(H,40,41)(H,42,43)(H,44,45)(H,51,52)/t10-,11-,12-,13-,14-,15-/m0/s1. The summed E-state index contributed by atoms with van der Waals surface area (Å²) < 4.78 is 0. The summed E-state index contributed by atoms with van der Waals surface area (Å²) >= 11 is 0. The zero-order valence-electron chi connectivity index (χ0n) is 27.4. The number of aliphatic carboxylic acids is 5. The molecule has 25 heteroatoms. The molecule has 0 heterocycles. The predicted molar refractivity (Wildman–Crippen MR) is 166 cm³/mol. The van der Waals surface area contributed by atoms with Crippen LogP contribution in [0, 0.1) is 0 Å². The average Bonchev–Trinajstić information content (AvgIpc) is 3.01. The van der Waals surface area contributed by atoms with Crippen LogP contribution in [0.5, 0.6) is 0 Å². The number of hydrogen-bond donors (Lipinski definition) is 13. The average molecular weight is 749 g/mol. The van der Waals surface area contributed by atoms with Gasteiger partial charge < -0.3 is 68.9 Å². The van der Waals surface area contributed by atoms with Crippen LogP contribution in [0.4, 0.5) is 0 Å². The number of nitrogens with one attached hydrogen (secondary N) is 6. The molecule has 6 atom stereocenters. The third kappa shape index (κ3) is 19.0. The molecule has 0 aromatic heterocycles. The van der Waals surface area contributed by atoms with Crippen LogP contribution < -0.4 is 43.4 Å². The van der Waals surface area contributed by atoms with Crippen LogP contribution >= 0.6 is 0 Å². The van der Waals surface area contributed by atoms with Gasteiger partial charge in [-0.2, -0.15) is 0 Å². The molecule has 0 unspecified atom stereocenters. The monoisotopic (exact) mass is 748 g/mol. The van der Waals surface area contributed by atoms with Crippen molar-refractivity contribution in [2.75, 3.05) is 6.54 Å². The molecule has 0 saturated heterocycles. The molecule has 15 N–H and O–H groups in total. The van der Waals surface area contributed by atoms with E-state index in [1.54, 1.807) is 0 Å². The molecular weight excluding hydrogens is 708 g/mol. The Hall–Kier alpha value is -6.40. The SMILES string of the molecule is C[C@H](N)C(=O)N[C@@H](CC(=O)O)C(=O)N[C@@H](CC(=O)O)C(=O)N[C@@H](CCC(=O)O)C(=O)NCC(=O)N[C@@H](CC(N)=O)C(=O)N[C@@H](CCC(=O)O)C(=O)O. The Morgan fingerprint density at radius 3 is 1.27 bits per heavy atom. The largest absolute Gasteiger partial charge is 0.481 e. The lowest BCUT2D eigenvalue weighted by molar-refractivity contribution is -0.144. The Morgan fingerprint density at radius 2 is 0.885 bits per heavy atom. The van der Waals surface area contributed by atoms with Crippen molar-refractivity contribution in [3.63, 3.8) is 0 Å². The van der Waals surface area contributed by atoms with Gasteiger partial charge in [0.1, 0.15) is 30.2 Å². The summed E-state index contributed by atoms with van der Waals surface area (Å²) in [6, 6.07) is -10.5. The maximum absolute atomic E-state index is 13.0. The molecule has 25 nitrogen and oxygen atoms in total. The van der Waals surface area contributed by atoms with Crippen LogP contribution in [0.15, 0.2) is 0 Å². The molecule has 0 fully saturated rings. The molecule has 0 bridgehead atoms. The normalized spacial score (nSPS) is 14.0.